The number of nitrogens with one attached hydrogen (secondary N) is 2. The van der Waals surface area contributed by atoms with Crippen LogP contribution in [0.2, 0.25) is 0 Å². The van der Waals surface area contributed by atoms with Gasteiger partial charge in [-0.05, 0) is 17.9 Å². The summed E-state index contributed by atoms with van der Waals surface area (Å²) in [6, 6.07) is 5.38. The van der Waals surface area contributed by atoms with E-state index in [1.165, 1.54) is 12.1 Å². The fourth-order valence-corrected chi connectivity index (χ4v) is 1.95. The summed E-state index contributed by atoms with van der Waals surface area (Å²) in [6.07, 6.45) is 0.681. The Bertz CT molecular complexity index is 491. The van der Waals surface area contributed by atoms with Crippen LogP contribution in [0, 0.1) is 16.0 Å². The monoisotopic (exact) mass is 295 g/mol. The van der Waals surface area contributed by atoms with Crippen molar-refractivity contribution in [3.05, 3.63) is 39.9 Å². The molecule has 0 radical (unpaired) electrons. The first-order chi connectivity index (χ1) is 9.92. The molecule has 116 valence electrons. The number of aliphatic hydroxyl groups excluding tert-OH is 1. The van der Waals surface area contributed by atoms with Gasteiger partial charge < -0.3 is 15.7 Å². The summed E-state index contributed by atoms with van der Waals surface area (Å²) in [5.41, 5.74) is 0.631. The van der Waals surface area contributed by atoms with Crippen molar-refractivity contribution in [3.63, 3.8) is 0 Å². The maximum absolute atomic E-state index is 11.7. The average molecular weight is 295 g/mol. The second-order valence-corrected chi connectivity index (χ2v) is 5.26. The van der Waals surface area contributed by atoms with Gasteiger partial charge in [-0.2, -0.15) is 0 Å². The molecule has 7 nitrogen and oxygen atoms in total. The highest BCUT2D eigenvalue weighted by atomic mass is 16.6. The number of amides is 2. The zero-order valence-corrected chi connectivity index (χ0v) is 12.2. The molecule has 0 unspecified atom stereocenters. The Labute approximate surface area is 123 Å². The van der Waals surface area contributed by atoms with Crippen molar-refractivity contribution in [3.8, 4) is 0 Å². The van der Waals surface area contributed by atoms with Crippen LogP contribution in [0.5, 0.6) is 0 Å². The van der Waals surface area contributed by atoms with Crippen LogP contribution in [-0.4, -0.2) is 28.7 Å². The number of nitro groups is 1. The Morgan fingerprint density at radius 2 is 2.14 bits per heavy atom. The van der Waals surface area contributed by atoms with E-state index in [0.29, 0.717) is 17.9 Å². The molecular formula is C14H21N3O4. The van der Waals surface area contributed by atoms with Crippen molar-refractivity contribution < 1.29 is 14.8 Å². The number of hydrogen-bond donors (Lipinski definition) is 3. The minimum atomic E-state index is -0.478. The second kappa shape index (κ2) is 8.21. The third-order valence-corrected chi connectivity index (χ3v) is 2.89. The quantitative estimate of drug-likeness (QED) is 0.527. The first kappa shape index (κ1) is 16.9. The van der Waals surface area contributed by atoms with Crippen molar-refractivity contribution in [1.82, 2.24) is 10.6 Å². The Morgan fingerprint density at radius 1 is 1.43 bits per heavy atom. The average Bonchev–Trinajstić information content (AvgIpc) is 2.44. The molecular weight excluding hydrogens is 274 g/mol. The van der Waals surface area contributed by atoms with Crippen molar-refractivity contribution in [1.29, 1.82) is 0 Å². The summed E-state index contributed by atoms with van der Waals surface area (Å²) in [6.45, 7) is 4.08. The molecule has 1 atom stereocenters. The maximum Gasteiger partial charge on any atom is 0.315 e. The third-order valence-electron chi connectivity index (χ3n) is 2.89. The molecule has 2 amide bonds. The SMILES string of the molecule is CC(C)C[C@@H](CO)NC(=O)NCc1cccc([N+](=O)[O-])c1. The summed E-state index contributed by atoms with van der Waals surface area (Å²) in [4.78, 5) is 21.9. The number of urea groups is 1. The summed E-state index contributed by atoms with van der Waals surface area (Å²) < 4.78 is 0. The van der Waals surface area contributed by atoms with Gasteiger partial charge in [-0.25, -0.2) is 4.79 Å². The Kier molecular flexibility index (Phi) is 6.61. The molecule has 0 heterocycles. The molecule has 1 aromatic carbocycles. The zero-order chi connectivity index (χ0) is 15.8. The normalized spacial score (nSPS) is 12.0. The molecule has 0 aliphatic rings. The molecule has 3 N–H and O–H groups in total. The summed E-state index contributed by atoms with van der Waals surface area (Å²) in [7, 11) is 0. The van der Waals surface area contributed by atoms with Gasteiger partial charge >= 0.3 is 6.03 Å². The Balaban J connectivity index is 2.49. The van der Waals surface area contributed by atoms with Gasteiger partial charge in [0.15, 0.2) is 0 Å². The minimum absolute atomic E-state index is 0.0113. The highest BCUT2D eigenvalue weighted by Gasteiger charge is 2.13. The first-order valence-corrected chi connectivity index (χ1v) is 6.81. The van der Waals surface area contributed by atoms with Crippen LogP contribution in [0.1, 0.15) is 25.8 Å². The fraction of sp³-hybridized carbons (Fsp3) is 0.500. The van der Waals surface area contributed by atoms with Gasteiger partial charge in [-0.15, -0.1) is 0 Å². The number of non-ortho nitro benzene ring substituents is 1. The second-order valence-electron chi connectivity index (χ2n) is 5.26. The molecule has 0 aromatic heterocycles. The molecule has 0 aliphatic carbocycles. The van der Waals surface area contributed by atoms with Crippen LogP contribution in [-0.2, 0) is 6.54 Å². The predicted octanol–water partition coefficient (Wildman–Crippen LogP) is 1.80. The van der Waals surface area contributed by atoms with Crippen molar-refractivity contribution in [2.45, 2.75) is 32.9 Å². The molecule has 0 aliphatic heterocycles. The topological polar surface area (TPSA) is 104 Å². The van der Waals surface area contributed by atoms with E-state index in [-0.39, 0.29) is 24.9 Å². The number of rotatable bonds is 7. The minimum Gasteiger partial charge on any atom is -0.394 e. The highest BCUT2D eigenvalue weighted by molar-refractivity contribution is 5.74. The van der Waals surface area contributed by atoms with Crippen LogP contribution in [0.3, 0.4) is 0 Å². The van der Waals surface area contributed by atoms with Crippen LogP contribution in [0.25, 0.3) is 0 Å². The molecule has 0 spiro atoms. The molecule has 21 heavy (non-hydrogen) atoms. The van der Waals surface area contributed by atoms with Gasteiger partial charge in [-0.1, -0.05) is 26.0 Å². The molecule has 0 saturated heterocycles. The lowest BCUT2D eigenvalue weighted by atomic mass is 10.0. The highest BCUT2D eigenvalue weighted by Crippen LogP contribution is 2.12. The van der Waals surface area contributed by atoms with E-state index in [4.69, 9.17) is 0 Å². The number of nitro benzene ring substituents is 1. The van der Waals surface area contributed by atoms with Crippen molar-refractivity contribution in [2.75, 3.05) is 6.61 Å². The van der Waals surface area contributed by atoms with E-state index in [1.807, 2.05) is 13.8 Å². The van der Waals surface area contributed by atoms with E-state index in [0.717, 1.165) is 0 Å². The van der Waals surface area contributed by atoms with E-state index in [9.17, 15) is 20.0 Å². The zero-order valence-electron chi connectivity index (χ0n) is 12.2. The van der Waals surface area contributed by atoms with E-state index in [2.05, 4.69) is 10.6 Å². The smallest absolute Gasteiger partial charge is 0.315 e. The van der Waals surface area contributed by atoms with Crippen LogP contribution < -0.4 is 10.6 Å². The standard InChI is InChI=1S/C14H21N3O4/c1-10(2)6-12(9-18)16-14(19)15-8-11-4-3-5-13(7-11)17(20)21/h3-5,7,10,12,18H,6,8-9H2,1-2H3,(H2,15,16,19)/t12-/m0/s1. The van der Waals surface area contributed by atoms with Crippen molar-refractivity contribution in [2.24, 2.45) is 5.92 Å². The van der Waals surface area contributed by atoms with E-state index < -0.39 is 11.0 Å². The Hall–Kier alpha value is -2.15. The molecule has 1 aromatic rings. The van der Waals surface area contributed by atoms with E-state index >= 15 is 0 Å². The maximum atomic E-state index is 11.7. The van der Waals surface area contributed by atoms with E-state index in [1.54, 1.807) is 12.1 Å². The predicted molar refractivity (Wildman–Crippen MR) is 78.8 cm³/mol. The van der Waals surface area contributed by atoms with Crippen LogP contribution >= 0.6 is 0 Å². The van der Waals surface area contributed by atoms with Crippen LogP contribution in [0.4, 0.5) is 10.5 Å². The van der Waals surface area contributed by atoms with Crippen molar-refractivity contribution >= 4 is 11.7 Å². The lowest BCUT2D eigenvalue weighted by molar-refractivity contribution is -0.384. The number of carbonyl (C=O) groups excluding carboxylic acids is 1. The molecule has 0 bridgehead atoms. The Morgan fingerprint density at radius 3 is 2.71 bits per heavy atom. The fourth-order valence-electron chi connectivity index (χ4n) is 1.95. The number of benzene rings is 1. The van der Waals surface area contributed by atoms with Gasteiger partial charge in [0.25, 0.3) is 5.69 Å². The van der Waals surface area contributed by atoms with Gasteiger partial charge in [0.05, 0.1) is 17.6 Å². The summed E-state index contributed by atoms with van der Waals surface area (Å²) in [5, 5.41) is 25.1. The van der Waals surface area contributed by atoms with Gasteiger partial charge in [0.2, 0.25) is 0 Å². The van der Waals surface area contributed by atoms with Gasteiger partial charge in [0.1, 0.15) is 0 Å². The van der Waals surface area contributed by atoms with Gasteiger partial charge in [0, 0.05) is 18.7 Å². The molecule has 0 fully saturated rings. The molecule has 0 saturated carbocycles. The number of carbonyl (C=O) groups is 1. The lowest BCUT2D eigenvalue weighted by Crippen LogP contribution is -2.44. The summed E-state index contributed by atoms with van der Waals surface area (Å²) >= 11 is 0. The number of hydrogen-bond acceptors (Lipinski definition) is 4. The number of nitrogens with zero attached hydrogens (tertiary/aromatic N) is 1. The summed E-state index contributed by atoms with van der Waals surface area (Å²) in [5.74, 6) is 0.360. The first-order valence-electron chi connectivity index (χ1n) is 6.81. The van der Waals surface area contributed by atoms with Gasteiger partial charge in [-0.3, -0.25) is 10.1 Å². The largest absolute Gasteiger partial charge is 0.394 e. The third kappa shape index (κ3) is 6.22. The molecule has 1 rings (SSSR count). The molecule has 7 heteroatoms. The lowest BCUT2D eigenvalue weighted by Gasteiger charge is -2.18. The number of aliphatic hydroxyl groups is 1. The van der Waals surface area contributed by atoms with Crippen LogP contribution in [0.15, 0.2) is 24.3 Å².